The van der Waals surface area contributed by atoms with Crippen LogP contribution in [0.2, 0.25) is 5.02 Å². The van der Waals surface area contributed by atoms with Crippen molar-refractivity contribution in [3.8, 4) is 0 Å². The van der Waals surface area contributed by atoms with Crippen LogP contribution in [0, 0.1) is 5.41 Å². The molecule has 0 saturated carbocycles. The molecule has 5 heteroatoms. The molecule has 0 fully saturated rings. The number of nitrogens with one attached hydrogen (secondary N) is 1. The van der Waals surface area contributed by atoms with Crippen molar-refractivity contribution in [2.45, 2.75) is 27.2 Å². The van der Waals surface area contributed by atoms with E-state index in [-0.39, 0.29) is 24.4 Å². The minimum absolute atomic E-state index is 0.156. The summed E-state index contributed by atoms with van der Waals surface area (Å²) in [6.07, 6.45) is 0.270. The second kappa shape index (κ2) is 6.57. The van der Waals surface area contributed by atoms with Crippen LogP contribution >= 0.6 is 11.6 Å². The van der Waals surface area contributed by atoms with Crippen LogP contribution in [0.3, 0.4) is 0 Å². The van der Waals surface area contributed by atoms with Crippen molar-refractivity contribution < 1.29 is 14.3 Å². The first kappa shape index (κ1) is 15.5. The Bertz CT molecular complexity index is 466. The first-order chi connectivity index (χ1) is 8.78. The molecule has 0 aromatic heterocycles. The van der Waals surface area contributed by atoms with E-state index in [0.717, 1.165) is 0 Å². The molecule has 1 N–H and O–H groups in total. The molecule has 0 heterocycles. The van der Waals surface area contributed by atoms with Crippen molar-refractivity contribution >= 4 is 29.2 Å². The predicted molar refractivity (Wildman–Crippen MR) is 75.1 cm³/mol. The van der Waals surface area contributed by atoms with Crippen molar-refractivity contribution in [2.24, 2.45) is 5.41 Å². The summed E-state index contributed by atoms with van der Waals surface area (Å²) in [5, 5.41) is 3.02. The number of hydrogen-bond acceptors (Lipinski definition) is 3. The molecule has 4 nitrogen and oxygen atoms in total. The Hall–Kier alpha value is -1.55. The Kier molecular flexibility index (Phi) is 5.36. The van der Waals surface area contributed by atoms with Gasteiger partial charge in [0.15, 0.2) is 6.61 Å². The molecule has 1 rings (SSSR count). The first-order valence-corrected chi connectivity index (χ1v) is 6.36. The molecule has 104 valence electrons. The van der Waals surface area contributed by atoms with E-state index < -0.39 is 5.91 Å². The first-order valence-electron chi connectivity index (χ1n) is 5.98. The van der Waals surface area contributed by atoms with Gasteiger partial charge in [-0.15, -0.1) is 0 Å². The van der Waals surface area contributed by atoms with Crippen LogP contribution in [-0.2, 0) is 14.3 Å². The molecule has 0 spiro atoms. The Balaban J connectivity index is 2.41. The second-order valence-corrected chi connectivity index (χ2v) is 5.83. The molecule has 0 bridgehead atoms. The molecule has 1 aromatic carbocycles. The number of halogens is 1. The average Bonchev–Trinajstić information content (AvgIpc) is 2.27. The number of rotatable bonds is 4. The molecule has 0 aliphatic carbocycles. The highest BCUT2D eigenvalue weighted by atomic mass is 35.5. The smallest absolute Gasteiger partial charge is 0.306 e. The Labute approximate surface area is 118 Å². The third-order valence-corrected chi connectivity index (χ3v) is 2.52. The van der Waals surface area contributed by atoms with E-state index in [4.69, 9.17) is 16.3 Å². The summed E-state index contributed by atoms with van der Waals surface area (Å²) >= 11 is 5.90. The van der Waals surface area contributed by atoms with Crippen LogP contribution in [0.25, 0.3) is 0 Å². The number of esters is 1. The lowest BCUT2D eigenvalue weighted by atomic mass is 9.93. The minimum Gasteiger partial charge on any atom is -0.456 e. The number of carbonyl (C=O) groups excluding carboxylic acids is 2. The number of carbonyl (C=O) groups is 2. The molecular formula is C14H18ClNO3. The van der Waals surface area contributed by atoms with Gasteiger partial charge < -0.3 is 10.1 Å². The van der Waals surface area contributed by atoms with Gasteiger partial charge in [0.25, 0.3) is 5.91 Å². The van der Waals surface area contributed by atoms with Gasteiger partial charge in [-0.3, -0.25) is 9.59 Å². The minimum atomic E-state index is -0.407. The maximum absolute atomic E-state index is 11.6. The fraction of sp³-hybridized carbons (Fsp3) is 0.429. The van der Waals surface area contributed by atoms with Gasteiger partial charge in [0, 0.05) is 0 Å². The summed E-state index contributed by atoms with van der Waals surface area (Å²) in [6, 6.07) is 6.87. The highest BCUT2D eigenvalue weighted by Crippen LogP contribution is 2.20. The second-order valence-electron chi connectivity index (χ2n) is 5.43. The van der Waals surface area contributed by atoms with Gasteiger partial charge in [0.1, 0.15) is 0 Å². The molecule has 0 aliphatic heterocycles. The van der Waals surface area contributed by atoms with Gasteiger partial charge in [-0.05, 0) is 17.5 Å². The lowest BCUT2D eigenvalue weighted by Gasteiger charge is -2.16. The third-order valence-electron chi connectivity index (χ3n) is 2.19. The molecule has 0 radical (unpaired) electrons. The van der Waals surface area contributed by atoms with Crippen molar-refractivity contribution in [2.75, 3.05) is 11.9 Å². The van der Waals surface area contributed by atoms with E-state index in [1.54, 1.807) is 24.3 Å². The van der Waals surface area contributed by atoms with Crippen LogP contribution in [0.15, 0.2) is 24.3 Å². The summed E-state index contributed by atoms with van der Waals surface area (Å²) in [6.45, 7) is 5.48. The fourth-order valence-corrected chi connectivity index (χ4v) is 1.56. The van der Waals surface area contributed by atoms with Crippen molar-refractivity contribution in [1.82, 2.24) is 0 Å². The highest BCUT2D eigenvalue weighted by Gasteiger charge is 2.18. The number of hydrogen-bond donors (Lipinski definition) is 1. The molecule has 0 unspecified atom stereocenters. The molecule has 19 heavy (non-hydrogen) atoms. The van der Waals surface area contributed by atoms with E-state index >= 15 is 0 Å². The van der Waals surface area contributed by atoms with Crippen LogP contribution in [-0.4, -0.2) is 18.5 Å². The standard InChI is InChI=1S/C14H18ClNO3/c1-14(2,3)8-13(18)19-9-12(17)16-11-7-5-4-6-10(11)15/h4-7H,8-9H2,1-3H3,(H,16,17). The number of anilines is 1. The zero-order chi connectivity index (χ0) is 14.5. The van der Waals surface area contributed by atoms with Gasteiger partial charge in [-0.1, -0.05) is 44.5 Å². The van der Waals surface area contributed by atoms with E-state index in [1.807, 2.05) is 20.8 Å². The third kappa shape index (κ3) is 6.25. The summed E-state index contributed by atoms with van der Waals surface area (Å²) in [5.41, 5.74) is 0.345. The van der Waals surface area contributed by atoms with Crippen molar-refractivity contribution in [3.63, 3.8) is 0 Å². The Morgan fingerprint density at radius 3 is 2.47 bits per heavy atom. The van der Waals surface area contributed by atoms with Gasteiger partial charge in [0.2, 0.25) is 0 Å². The van der Waals surface area contributed by atoms with Crippen LogP contribution < -0.4 is 5.32 Å². The SMILES string of the molecule is CC(C)(C)CC(=O)OCC(=O)Nc1ccccc1Cl. The van der Waals surface area contributed by atoms with Crippen LogP contribution in [0.1, 0.15) is 27.2 Å². The molecule has 1 amide bonds. The number of benzene rings is 1. The van der Waals surface area contributed by atoms with E-state index in [2.05, 4.69) is 5.32 Å². The quantitative estimate of drug-likeness (QED) is 0.863. The normalized spacial score (nSPS) is 10.9. The van der Waals surface area contributed by atoms with Gasteiger partial charge in [-0.2, -0.15) is 0 Å². The van der Waals surface area contributed by atoms with Crippen molar-refractivity contribution in [3.05, 3.63) is 29.3 Å². The monoisotopic (exact) mass is 283 g/mol. The zero-order valence-corrected chi connectivity index (χ0v) is 12.1. The fourth-order valence-electron chi connectivity index (χ4n) is 1.38. The summed E-state index contributed by atoms with van der Waals surface area (Å²) in [5.74, 6) is -0.794. The topological polar surface area (TPSA) is 55.4 Å². The predicted octanol–water partition coefficient (Wildman–Crippen LogP) is 3.26. The highest BCUT2D eigenvalue weighted by molar-refractivity contribution is 6.33. The van der Waals surface area contributed by atoms with E-state index in [0.29, 0.717) is 10.7 Å². The van der Waals surface area contributed by atoms with Crippen LogP contribution in [0.4, 0.5) is 5.69 Å². The molecule has 0 saturated heterocycles. The van der Waals surface area contributed by atoms with Crippen LogP contribution in [0.5, 0.6) is 0 Å². The van der Waals surface area contributed by atoms with E-state index in [9.17, 15) is 9.59 Å². The number of ether oxygens (including phenoxy) is 1. The lowest BCUT2D eigenvalue weighted by Crippen LogP contribution is -2.23. The molecule has 1 aromatic rings. The molecular weight excluding hydrogens is 266 g/mol. The number of para-hydroxylation sites is 1. The summed E-state index contributed by atoms with van der Waals surface area (Å²) < 4.78 is 4.90. The number of amides is 1. The average molecular weight is 284 g/mol. The summed E-state index contributed by atoms with van der Waals surface area (Å²) in [4.78, 5) is 23.0. The largest absolute Gasteiger partial charge is 0.456 e. The molecule has 0 atom stereocenters. The molecule has 0 aliphatic rings. The lowest BCUT2D eigenvalue weighted by molar-refractivity contribution is -0.149. The van der Waals surface area contributed by atoms with Gasteiger partial charge >= 0.3 is 5.97 Å². The Morgan fingerprint density at radius 1 is 1.26 bits per heavy atom. The van der Waals surface area contributed by atoms with E-state index in [1.165, 1.54) is 0 Å². The Morgan fingerprint density at radius 2 is 1.89 bits per heavy atom. The summed E-state index contributed by atoms with van der Waals surface area (Å²) in [7, 11) is 0. The van der Waals surface area contributed by atoms with Gasteiger partial charge in [-0.25, -0.2) is 0 Å². The van der Waals surface area contributed by atoms with Gasteiger partial charge in [0.05, 0.1) is 17.1 Å². The maximum atomic E-state index is 11.6. The maximum Gasteiger partial charge on any atom is 0.306 e. The zero-order valence-electron chi connectivity index (χ0n) is 11.3. The van der Waals surface area contributed by atoms with Crippen molar-refractivity contribution in [1.29, 1.82) is 0 Å².